The lowest BCUT2D eigenvalue weighted by Crippen LogP contribution is -2.56. The summed E-state index contributed by atoms with van der Waals surface area (Å²) >= 11 is 0. The normalized spacial score (nSPS) is 29.9. The Morgan fingerprint density at radius 2 is 1.50 bits per heavy atom. The molecule has 0 heterocycles. The minimum atomic E-state index is -0.554. The minimum Gasteiger partial charge on any atom is -0.494 e. The van der Waals surface area contributed by atoms with E-state index in [9.17, 15) is 9.59 Å². The van der Waals surface area contributed by atoms with Crippen LogP contribution in [0.2, 0.25) is 0 Å². The van der Waals surface area contributed by atoms with Crippen LogP contribution in [0.5, 0.6) is 11.5 Å². The Hall–Kier alpha value is -2.24. The van der Waals surface area contributed by atoms with Gasteiger partial charge in [0.1, 0.15) is 11.5 Å². The maximum Gasteiger partial charge on any atom is 0.344 e. The van der Waals surface area contributed by atoms with Gasteiger partial charge in [-0.25, -0.2) is 4.79 Å². The first-order chi connectivity index (χ1) is 14.5. The van der Waals surface area contributed by atoms with Crippen molar-refractivity contribution in [3.8, 4) is 11.5 Å². The second-order valence-corrected chi connectivity index (χ2v) is 9.42. The fourth-order valence-electron chi connectivity index (χ4n) is 6.27. The number of carbonyl (C=O) groups excluding carboxylic acids is 2. The second kappa shape index (κ2) is 8.86. The van der Waals surface area contributed by atoms with E-state index in [1.807, 2.05) is 6.92 Å². The van der Waals surface area contributed by atoms with Crippen molar-refractivity contribution in [2.75, 3.05) is 19.8 Å². The Morgan fingerprint density at radius 3 is 2.03 bits per heavy atom. The van der Waals surface area contributed by atoms with E-state index in [0.29, 0.717) is 12.4 Å². The third-order valence-corrected chi connectivity index (χ3v) is 7.24. The van der Waals surface area contributed by atoms with Gasteiger partial charge in [-0.3, -0.25) is 4.79 Å². The molecule has 1 aromatic rings. The number of hydrogen-bond acceptors (Lipinski definition) is 5. The highest BCUT2D eigenvalue weighted by Gasteiger charge is 2.53. The Bertz CT molecular complexity index is 724. The lowest BCUT2D eigenvalue weighted by atomic mass is 9.48. The van der Waals surface area contributed by atoms with Crippen LogP contribution in [0, 0.1) is 23.2 Å². The first-order valence-electron chi connectivity index (χ1n) is 11.3. The molecular weight excluding hydrogens is 382 g/mol. The summed E-state index contributed by atoms with van der Waals surface area (Å²) in [5.74, 6) is 3.04. The van der Waals surface area contributed by atoms with Gasteiger partial charge < -0.3 is 19.5 Å². The summed E-state index contributed by atoms with van der Waals surface area (Å²) in [5, 5.41) is 3.11. The number of benzene rings is 1. The standard InChI is InChI=1S/C24H33NO5/c1-3-28-20-4-6-21(7-5-20)29-15-23(27)30-14-22(26)25-16(2)24-11-17-8-18(12-24)10-19(9-17)13-24/h4-7,16-19H,3,8-15H2,1-2H3,(H,25,26)/t16-,17?,18?,19?,24?/m1/s1. The van der Waals surface area contributed by atoms with Gasteiger partial charge >= 0.3 is 5.97 Å². The Balaban J connectivity index is 1.19. The average molecular weight is 416 g/mol. The Labute approximate surface area is 178 Å². The van der Waals surface area contributed by atoms with Crippen LogP contribution in [0.15, 0.2) is 24.3 Å². The van der Waals surface area contributed by atoms with Crippen LogP contribution in [0.1, 0.15) is 52.4 Å². The summed E-state index contributed by atoms with van der Waals surface area (Å²) in [7, 11) is 0. The van der Waals surface area contributed by atoms with Crippen LogP contribution >= 0.6 is 0 Å². The summed E-state index contributed by atoms with van der Waals surface area (Å²) < 4.78 is 15.9. The van der Waals surface area contributed by atoms with Gasteiger partial charge in [-0.1, -0.05) is 0 Å². The number of esters is 1. The van der Waals surface area contributed by atoms with E-state index in [4.69, 9.17) is 14.2 Å². The van der Waals surface area contributed by atoms with Crippen LogP contribution in [0.4, 0.5) is 0 Å². The van der Waals surface area contributed by atoms with E-state index < -0.39 is 5.97 Å². The highest BCUT2D eigenvalue weighted by molar-refractivity contribution is 5.81. The van der Waals surface area contributed by atoms with Gasteiger partial charge in [0.05, 0.1) is 6.61 Å². The first kappa shape index (κ1) is 21.0. The van der Waals surface area contributed by atoms with Crippen molar-refractivity contribution in [3.63, 3.8) is 0 Å². The van der Waals surface area contributed by atoms with E-state index >= 15 is 0 Å². The molecule has 6 nitrogen and oxygen atoms in total. The predicted molar refractivity (Wildman–Crippen MR) is 112 cm³/mol. The molecule has 1 aromatic carbocycles. The zero-order valence-corrected chi connectivity index (χ0v) is 18.0. The van der Waals surface area contributed by atoms with Crippen molar-refractivity contribution in [2.45, 2.75) is 58.4 Å². The molecule has 4 bridgehead atoms. The van der Waals surface area contributed by atoms with Crippen molar-refractivity contribution in [1.29, 1.82) is 0 Å². The molecule has 1 amide bonds. The van der Waals surface area contributed by atoms with Crippen LogP contribution in [-0.2, 0) is 14.3 Å². The van der Waals surface area contributed by atoms with Crippen LogP contribution in [-0.4, -0.2) is 37.7 Å². The number of carbonyl (C=O) groups is 2. The highest BCUT2D eigenvalue weighted by Crippen LogP contribution is 2.61. The Kier molecular flexibility index (Phi) is 6.21. The van der Waals surface area contributed by atoms with Gasteiger partial charge in [0.15, 0.2) is 13.2 Å². The lowest BCUT2D eigenvalue weighted by Gasteiger charge is -2.59. The molecule has 1 N–H and O–H groups in total. The second-order valence-electron chi connectivity index (χ2n) is 9.42. The van der Waals surface area contributed by atoms with Gasteiger partial charge in [-0.2, -0.15) is 0 Å². The largest absolute Gasteiger partial charge is 0.494 e. The number of amides is 1. The van der Waals surface area contributed by atoms with Gasteiger partial charge in [0.25, 0.3) is 5.91 Å². The number of ether oxygens (including phenoxy) is 3. The third-order valence-electron chi connectivity index (χ3n) is 7.24. The minimum absolute atomic E-state index is 0.122. The quantitative estimate of drug-likeness (QED) is 0.622. The van der Waals surface area contributed by atoms with Crippen molar-refractivity contribution in [3.05, 3.63) is 24.3 Å². The molecular formula is C24H33NO5. The Morgan fingerprint density at radius 1 is 0.967 bits per heavy atom. The maximum absolute atomic E-state index is 12.4. The first-order valence-corrected chi connectivity index (χ1v) is 11.3. The summed E-state index contributed by atoms with van der Waals surface area (Å²) in [6.07, 6.45) is 7.84. The van der Waals surface area contributed by atoms with Crippen LogP contribution in [0.3, 0.4) is 0 Å². The molecule has 6 heteroatoms. The van der Waals surface area contributed by atoms with E-state index in [-0.39, 0.29) is 30.6 Å². The molecule has 4 aliphatic carbocycles. The van der Waals surface area contributed by atoms with Crippen molar-refractivity contribution in [1.82, 2.24) is 5.32 Å². The molecule has 1 atom stereocenters. The van der Waals surface area contributed by atoms with Crippen molar-refractivity contribution < 1.29 is 23.8 Å². The molecule has 0 saturated heterocycles. The van der Waals surface area contributed by atoms with E-state index in [0.717, 1.165) is 23.5 Å². The smallest absolute Gasteiger partial charge is 0.344 e. The molecule has 164 valence electrons. The average Bonchev–Trinajstić information content (AvgIpc) is 2.71. The van der Waals surface area contributed by atoms with Gasteiger partial charge in [0, 0.05) is 6.04 Å². The number of nitrogens with one attached hydrogen (secondary N) is 1. The predicted octanol–water partition coefficient (Wildman–Crippen LogP) is 3.73. The van der Waals surface area contributed by atoms with Crippen molar-refractivity contribution in [2.24, 2.45) is 23.2 Å². The van der Waals surface area contributed by atoms with E-state index in [1.165, 1.54) is 38.5 Å². The molecule has 0 aromatic heterocycles. The molecule has 4 saturated carbocycles. The van der Waals surface area contributed by atoms with Gasteiger partial charge in [-0.05, 0) is 99.8 Å². The van der Waals surface area contributed by atoms with E-state index in [2.05, 4.69) is 12.2 Å². The van der Waals surface area contributed by atoms with Crippen LogP contribution < -0.4 is 14.8 Å². The summed E-state index contributed by atoms with van der Waals surface area (Å²) in [4.78, 5) is 24.3. The SMILES string of the molecule is CCOc1ccc(OCC(=O)OCC(=O)N[C@H](C)C23CC4CC(CC(C4)C2)C3)cc1. The molecule has 4 aliphatic rings. The number of hydrogen-bond donors (Lipinski definition) is 1. The molecule has 5 rings (SSSR count). The molecule has 4 fully saturated rings. The van der Waals surface area contributed by atoms with E-state index in [1.54, 1.807) is 24.3 Å². The molecule has 0 aliphatic heterocycles. The highest BCUT2D eigenvalue weighted by atomic mass is 16.6. The fourth-order valence-corrected chi connectivity index (χ4v) is 6.27. The molecule has 0 unspecified atom stereocenters. The maximum atomic E-state index is 12.4. The zero-order valence-electron chi connectivity index (χ0n) is 18.0. The van der Waals surface area contributed by atoms with Gasteiger partial charge in [0.2, 0.25) is 0 Å². The van der Waals surface area contributed by atoms with Gasteiger partial charge in [-0.15, -0.1) is 0 Å². The zero-order chi connectivity index (χ0) is 21.1. The lowest BCUT2D eigenvalue weighted by molar-refractivity contribution is -0.151. The summed E-state index contributed by atoms with van der Waals surface area (Å²) in [6, 6.07) is 7.15. The fraction of sp³-hybridized carbons (Fsp3) is 0.667. The molecule has 30 heavy (non-hydrogen) atoms. The summed E-state index contributed by atoms with van der Waals surface area (Å²) in [5.41, 5.74) is 0.241. The van der Waals surface area contributed by atoms with Crippen LogP contribution in [0.25, 0.3) is 0 Å². The molecule has 0 radical (unpaired) electrons. The topological polar surface area (TPSA) is 73.9 Å². The third kappa shape index (κ3) is 4.73. The van der Waals surface area contributed by atoms with Crippen molar-refractivity contribution >= 4 is 11.9 Å². The monoisotopic (exact) mass is 415 g/mol. The summed E-state index contributed by atoms with van der Waals surface area (Å²) in [6.45, 7) is 4.15. The molecule has 0 spiro atoms. The number of rotatable bonds is 9.